The summed E-state index contributed by atoms with van der Waals surface area (Å²) >= 11 is 7.46. The summed E-state index contributed by atoms with van der Waals surface area (Å²) in [5.74, 6) is 0.615. The first kappa shape index (κ1) is 20.3. The molecule has 150 valence electrons. The van der Waals surface area contributed by atoms with Crippen molar-refractivity contribution >= 4 is 46.2 Å². The fraction of sp³-hybridized carbons (Fsp3) is 0.0833. The maximum absolute atomic E-state index is 12.3. The molecule has 3 aromatic carbocycles. The summed E-state index contributed by atoms with van der Waals surface area (Å²) in [6, 6.07) is 23.2. The third-order valence-corrected chi connectivity index (χ3v) is 5.78. The number of carbonyl (C=O) groups excluding carboxylic acids is 1. The van der Waals surface area contributed by atoms with Crippen molar-refractivity contribution in [2.24, 2.45) is 4.99 Å². The lowest BCUT2D eigenvalue weighted by Gasteiger charge is -2.06. The second-order valence-electron chi connectivity index (χ2n) is 6.76. The molecule has 0 bridgehead atoms. The van der Waals surface area contributed by atoms with Gasteiger partial charge < -0.3 is 10.1 Å². The summed E-state index contributed by atoms with van der Waals surface area (Å²) in [4.78, 5) is 17.4. The Labute approximate surface area is 184 Å². The quantitative estimate of drug-likeness (QED) is 0.492. The standard InChI is InChI=1S/C24H19ClN2O2S/c1-16-7-10-19(14-21(16)25)26-24-27-23(28)22(30-24)13-17-8-11-20(12-9-17)29-15-18-5-3-2-4-6-18/h2-14H,15H2,1H3,(H,26,27,28)/b22-13-. The minimum Gasteiger partial charge on any atom is -0.489 e. The molecule has 1 heterocycles. The monoisotopic (exact) mass is 434 g/mol. The molecule has 1 N–H and O–H groups in total. The Hall–Kier alpha value is -3.02. The van der Waals surface area contributed by atoms with Gasteiger partial charge in [-0.05, 0) is 65.7 Å². The molecule has 0 saturated carbocycles. The predicted octanol–water partition coefficient (Wildman–Crippen LogP) is 6.12. The van der Waals surface area contributed by atoms with E-state index in [1.165, 1.54) is 11.8 Å². The molecule has 0 spiro atoms. The Bertz CT molecular complexity index is 1130. The van der Waals surface area contributed by atoms with Gasteiger partial charge in [0.25, 0.3) is 5.91 Å². The third kappa shape index (κ3) is 5.12. The van der Waals surface area contributed by atoms with E-state index >= 15 is 0 Å². The summed E-state index contributed by atoms with van der Waals surface area (Å²) in [5, 5.41) is 3.98. The van der Waals surface area contributed by atoms with Crippen molar-refractivity contribution in [2.45, 2.75) is 13.5 Å². The molecule has 1 saturated heterocycles. The van der Waals surface area contributed by atoms with Crippen LogP contribution >= 0.6 is 23.4 Å². The highest BCUT2D eigenvalue weighted by Gasteiger charge is 2.23. The van der Waals surface area contributed by atoms with Crippen LogP contribution in [0.2, 0.25) is 5.02 Å². The zero-order valence-corrected chi connectivity index (χ0v) is 17.8. The van der Waals surface area contributed by atoms with Gasteiger partial charge in [-0.2, -0.15) is 0 Å². The molecule has 1 aliphatic rings. The first-order valence-electron chi connectivity index (χ1n) is 9.39. The molecule has 0 unspecified atom stereocenters. The van der Waals surface area contributed by atoms with Crippen LogP contribution in [0.1, 0.15) is 16.7 Å². The summed E-state index contributed by atoms with van der Waals surface area (Å²) in [6.45, 7) is 2.45. The molecule has 0 aliphatic carbocycles. The number of ether oxygens (including phenoxy) is 1. The van der Waals surface area contributed by atoms with Crippen molar-refractivity contribution in [3.63, 3.8) is 0 Å². The van der Waals surface area contributed by atoms with E-state index < -0.39 is 0 Å². The molecule has 0 atom stereocenters. The Morgan fingerprint density at radius 3 is 2.57 bits per heavy atom. The molecule has 4 rings (SSSR count). The van der Waals surface area contributed by atoms with Gasteiger partial charge in [0.05, 0.1) is 10.6 Å². The third-order valence-electron chi connectivity index (χ3n) is 4.46. The lowest BCUT2D eigenvalue weighted by Crippen LogP contribution is -2.19. The maximum Gasteiger partial charge on any atom is 0.264 e. The number of nitrogens with one attached hydrogen (secondary N) is 1. The molecule has 30 heavy (non-hydrogen) atoms. The normalized spacial score (nSPS) is 16.1. The lowest BCUT2D eigenvalue weighted by molar-refractivity contribution is -0.115. The molecule has 1 aliphatic heterocycles. The highest BCUT2D eigenvalue weighted by molar-refractivity contribution is 8.18. The van der Waals surface area contributed by atoms with Crippen molar-refractivity contribution in [1.29, 1.82) is 0 Å². The summed E-state index contributed by atoms with van der Waals surface area (Å²) < 4.78 is 5.80. The first-order valence-corrected chi connectivity index (χ1v) is 10.6. The zero-order valence-electron chi connectivity index (χ0n) is 16.3. The van der Waals surface area contributed by atoms with Gasteiger partial charge >= 0.3 is 0 Å². The van der Waals surface area contributed by atoms with Crippen LogP contribution in [0.3, 0.4) is 0 Å². The van der Waals surface area contributed by atoms with Gasteiger partial charge in [-0.15, -0.1) is 0 Å². The number of nitrogens with zero attached hydrogens (tertiary/aromatic N) is 1. The number of rotatable bonds is 5. The van der Waals surface area contributed by atoms with E-state index in [1.807, 2.05) is 79.7 Å². The zero-order chi connectivity index (χ0) is 20.9. The molecular weight excluding hydrogens is 416 g/mol. The number of amides is 1. The molecular formula is C24H19ClN2O2S. The number of thioether (sulfide) groups is 1. The van der Waals surface area contributed by atoms with Gasteiger partial charge in [0.2, 0.25) is 0 Å². The Morgan fingerprint density at radius 2 is 1.83 bits per heavy atom. The van der Waals surface area contributed by atoms with Crippen LogP contribution in [0.25, 0.3) is 6.08 Å². The number of hydrogen-bond donors (Lipinski definition) is 1. The summed E-state index contributed by atoms with van der Waals surface area (Å²) in [7, 11) is 0. The summed E-state index contributed by atoms with van der Waals surface area (Å²) in [6.07, 6.45) is 1.84. The van der Waals surface area contributed by atoms with Crippen molar-refractivity contribution < 1.29 is 9.53 Å². The molecule has 4 nitrogen and oxygen atoms in total. The highest BCUT2D eigenvalue weighted by atomic mass is 35.5. The van der Waals surface area contributed by atoms with Crippen molar-refractivity contribution in [2.75, 3.05) is 0 Å². The minimum atomic E-state index is -0.165. The van der Waals surface area contributed by atoms with E-state index in [1.54, 1.807) is 6.07 Å². The number of benzene rings is 3. The van der Waals surface area contributed by atoms with Crippen LogP contribution in [0.5, 0.6) is 5.75 Å². The molecule has 3 aromatic rings. The van der Waals surface area contributed by atoms with Crippen molar-refractivity contribution in [1.82, 2.24) is 5.32 Å². The average molecular weight is 435 g/mol. The Morgan fingerprint density at radius 1 is 1.07 bits per heavy atom. The Balaban J connectivity index is 1.42. The van der Waals surface area contributed by atoms with Gasteiger partial charge in [-0.25, -0.2) is 4.99 Å². The molecule has 1 fully saturated rings. The fourth-order valence-electron chi connectivity index (χ4n) is 2.80. The fourth-order valence-corrected chi connectivity index (χ4v) is 3.82. The van der Waals surface area contributed by atoms with Crippen LogP contribution < -0.4 is 10.1 Å². The molecule has 6 heteroatoms. The second-order valence-corrected chi connectivity index (χ2v) is 8.20. The second kappa shape index (κ2) is 9.20. The van der Waals surface area contributed by atoms with Crippen LogP contribution in [0, 0.1) is 6.92 Å². The van der Waals surface area contributed by atoms with Crippen LogP contribution in [0.15, 0.2) is 82.7 Å². The van der Waals surface area contributed by atoms with Gasteiger partial charge in [0.1, 0.15) is 12.4 Å². The largest absolute Gasteiger partial charge is 0.489 e. The summed E-state index contributed by atoms with van der Waals surface area (Å²) in [5.41, 5.74) is 3.72. The molecule has 1 amide bonds. The van der Waals surface area contributed by atoms with E-state index in [-0.39, 0.29) is 5.91 Å². The molecule has 0 aromatic heterocycles. The average Bonchev–Trinajstić information content (AvgIpc) is 3.09. The van der Waals surface area contributed by atoms with Crippen molar-refractivity contribution in [3.8, 4) is 5.75 Å². The van der Waals surface area contributed by atoms with E-state index in [0.29, 0.717) is 27.4 Å². The number of hydrogen-bond acceptors (Lipinski definition) is 4. The number of amidine groups is 1. The topological polar surface area (TPSA) is 50.7 Å². The Kier molecular flexibility index (Phi) is 6.21. The van der Waals surface area contributed by atoms with Crippen LogP contribution in [0.4, 0.5) is 5.69 Å². The number of aliphatic imine (C=N–C) groups is 1. The van der Waals surface area contributed by atoms with Crippen molar-refractivity contribution in [3.05, 3.63) is 99.4 Å². The van der Waals surface area contributed by atoms with Crippen LogP contribution in [-0.4, -0.2) is 11.1 Å². The number of carbonyl (C=O) groups is 1. The number of halogens is 1. The van der Waals surface area contributed by atoms with E-state index in [2.05, 4.69) is 10.3 Å². The van der Waals surface area contributed by atoms with Crippen LogP contribution in [-0.2, 0) is 11.4 Å². The van der Waals surface area contributed by atoms with Gasteiger partial charge in [-0.1, -0.05) is 60.1 Å². The number of aryl methyl sites for hydroxylation is 1. The van der Waals surface area contributed by atoms with E-state index in [0.717, 1.165) is 22.4 Å². The predicted molar refractivity (Wildman–Crippen MR) is 124 cm³/mol. The first-order chi connectivity index (χ1) is 14.6. The maximum atomic E-state index is 12.3. The van der Waals surface area contributed by atoms with Gasteiger partial charge in [0.15, 0.2) is 5.17 Å². The minimum absolute atomic E-state index is 0.165. The lowest BCUT2D eigenvalue weighted by atomic mass is 10.2. The smallest absolute Gasteiger partial charge is 0.264 e. The molecule has 0 radical (unpaired) electrons. The van der Waals surface area contributed by atoms with E-state index in [9.17, 15) is 4.79 Å². The SMILES string of the molecule is Cc1ccc(N=C2NC(=O)/C(=C/c3ccc(OCc4ccccc4)cc3)S2)cc1Cl. The van der Waals surface area contributed by atoms with Gasteiger partial charge in [0, 0.05) is 5.02 Å². The van der Waals surface area contributed by atoms with E-state index in [4.69, 9.17) is 16.3 Å². The highest BCUT2D eigenvalue weighted by Crippen LogP contribution is 2.29. The van der Waals surface area contributed by atoms with Gasteiger partial charge in [-0.3, -0.25) is 4.79 Å².